The number of aromatic amines is 1. The van der Waals surface area contributed by atoms with Crippen LogP contribution in [-0.2, 0) is 11.3 Å². The number of nitrogen functional groups attached to an aromatic ring is 1. The highest BCUT2D eigenvalue weighted by atomic mass is 32.2. The van der Waals surface area contributed by atoms with Crippen LogP contribution in [0.4, 0.5) is 5.82 Å². The topological polar surface area (TPSA) is 92.1 Å². The first-order valence-electron chi connectivity index (χ1n) is 6.90. The van der Waals surface area contributed by atoms with Crippen LogP contribution in [0.5, 0.6) is 0 Å². The van der Waals surface area contributed by atoms with E-state index in [1.54, 1.807) is 4.90 Å². The van der Waals surface area contributed by atoms with Crippen molar-refractivity contribution in [1.82, 2.24) is 14.9 Å². The van der Waals surface area contributed by atoms with Crippen molar-refractivity contribution in [1.29, 1.82) is 0 Å². The maximum atomic E-state index is 12.3. The van der Waals surface area contributed by atoms with Gasteiger partial charge in [-0.3, -0.25) is 9.59 Å². The van der Waals surface area contributed by atoms with Gasteiger partial charge in [-0.1, -0.05) is 42.1 Å². The number of thioether (sulfide) groups is 1. The summed E-state index contributed by atoms with van der Waals surface area (Å²) in [4.78, 5) is 31.9. The highest BCUT2D eigenvalue weighted by Crippen LogP contribution is 2.14. The number of carbonyl (C=O) groups is 1. The minimum absolute atomic E-state index is 0.0126. The standard InChI is InChI=1S/C15H18N4O2S/c1-2-19(9-11-6-4-3-5-7-11)14(21)10-22-15-17-12(16)8-13(20)18-15/h3-8H,2,9-10H2,1H3,(H3,16,17,18,20). The van der Waals surface area contributed by atoms with Gasteiger partial charge in [-0.2, -0.15) is 0 Å². The molecule has 2 aromatic rings. The minimum Gasteiger partial charge on any atom is -0.383 e. The normalized spacial score (nSPS) is 10.4. The summed E-state index contributed by atoms with van der Waals surface area (Å²) in [5.74, 6) is 0.337. The Hall–Kier alpha value is -2.28. The monoisotopic (exact) mass is 318 g/mol. The number of nitrogens with zero attached hydrogens (tertiary/aromatic N) is 2. The summed E-state index contributed by atoms with van der Waals surface area (Å²) in [6, 6.07) is 11.0. The van der Waals surface area contributed by atoms with E-state index in [2.05, 4.69) is 9.97 Å². The summed E-state index contributed by atoms with van der Waals surface area (Å²) in [7, 11) is 0. The van der Waals surface area contributed by atoms with Gasteiger partial charge in [-0.15, -0.1) is 0 Å². The van der Waals surface area contributed by atoms with E-state index in [1.807, 2.05) is 37.3 Å². The molecule has 1 heterocycles. The molecule has 0 bridgehead atoms. The van der Waals surface area contributed by atoms with Crippen molar-refractivity contribution in [2.45, 2.75) is 18.6 Å². The molecule has 6 nitrogen and oxygen atoms in total. The van der Waals surface area contributed by atoms with Crippen molar-refractivity contribution in [3.63, 3.8) is 0 Å². The number of aromatic nitrogens is 2. The minimum atomic E-state index is -0.320. The molecule has 0 unspecified atom stereocenters. The fourth-order valence-electron chi connectivity index (χ4n) is 1.92. The van der Waals surface area contributed by atoms with E-state index >= 15 is 0 Å². The van der Waals surface area contributed by atoms with Crippen LogP contribution in [0.1, 0.15) is 12.5 Å². The van der Waals surface area contributed by atoms with Gasteiger partial charge in [0.25, 0.3) is 5.56 Å². The lowest BCUT2D eigenvalue weighted by Crippen LogP contribution is -2.31. The van der Waals surface area contributed by atoms with Crippen molar-refractivity contribution in [3.8, 4) is 0 Å². The van der Waals surface area contributed by atoms with Gasteiger partial charge in [-0.25, -0.2) is 4.98 Å². The Balaban J connectivity index is 1.96. The van der Waals surface area contributed by atoms with Crippen LogP contribution in [0.25, 0.3) is 0 Å². The van der Waals surface area contributed by atoms with Gasteiger partial charge in [0, 0.05) is 19.2 Å². The maximum absolute atomic E-state index is 12.3. The largest absolute Gasteiger partial charge is 0.383 e. The zero-order valence-electron chi connectivity index (χ0n) is 12.3. The molecule has 1 aromatic carbocycles. The third kappa shape index (κ3) is 4.63. The molecular formula is C15H18N4O2S. The molecule has 0 aliphatic carbocycles. The second-order valence-electron chi connectivity index (χ2n) is 4.66. The van der Waals surface area contributed by atoms with Crippen LogP contribution >= 0.6 is 11.8 Å². The number of benzene rings is 1. The fraction of sp³-hybridized carbons (Fsp3) is 0.267. The average molecular weight is 318 g/mol. The predicted octanol–water partition coefficient (Wildman–Crippen LogP) is 1.49. The van der Waals surface area contributed by atoms with Crippen LogP contribution in [0, 0.1) is 0 Å². The van der Waals surface area contributed by atoms with E-state index in [4.69, 9.17) is 5.73 Å². The van der Waals surface area contributed by atoms with Crippen molar-refractivity contribution < 1.29 is 4.79 Å². The smallest absolute Gasteiger partial charge is 0.253 e. The van der Waals surface area contributed by atoms with Gasteiger partial charge in [-0.05, 0) is 12.5 Å². The number of anilines is 1. The van der Waals surface area contributed by atoms with Crippen molar-refractivity contribution in [2.75, 3.05) is 18.0 Å². The molecule has 0 saturated heterocycles. The third-order valence-corrected chi connectivity index (χ3v) is 3.88. The van der Waals surface area contributed by atoms with Gasteiger partial charge in [0.1, 0.15) is 5.82 Å². The lowest BCUT2D eigenvalue weighted by atomic mass is 10.2. The van der Waals surface area contributed by atoms with Gasteiger partial charge >= 0.3 is 0 Å². The number of hydrogen-bond donors (Lipinski definition) is 2. The van der Waals surface area contributed by atoms with Crippen molar-refractivity contribution in [3.05, 3.63) is 52.3 Å². The Morgan fingerprint density at radius 1 is 1.36 bits per heavy atom. The Labute approximate surface area is 132 Å². The molecule has 0 radical (unpaired) electrons. The molecule has 0 saturated carbocycles. The molecule has 1 aromatic heterocycles. The number of carbonyl (C=O) groups excluding carboxylic acids is 1. The van der Waals surface area contributed by atoms with Crippen LogP contribution in [0.3, 0.4) is 0 Å². The van der Waals surface area contributed by atoms with Crippen molar-refractivity contribution in [2.24, 2.45) is 0 Å². The molecule has 0 fully saturated rings. The summed E-state index contributed by atoms with van der Waals surface area (Å²) >= 11 is 1.17. The molecule has 3 N–H and O–H groups in total. The summed E-state index contributed by atoms with van der Waals surface area (Å²) in [5, 5.41) is 0.356. The third-order valence-electron chi connectivity index (χ3n) is 3.02. The number of nitrogens with one attached hydrogen (secondary N) is 1. The molecular weight excluding hydrogens is 300 g/mol. The van der Waals surface area contributed by atoms with Crippen molar-refractivity contribution >= 4 is 23.5 Å². The van der Waals surface area contributed by atoms with E-state index < -0.39 is 0 Å². The molecule has 1 amide bonds. The summed E-state index contributed by atoms with van der Waals surface area (Å²) < 4.78 is 0. The second kappa shape index (κ2) is 7.65. The predicted molar refractivity (Wildman–Crippen MR) is 87.5 cm³/mol. The van der Waals surface area contributed by atoms with Gasteiger partial charge in [0.05, 0.1) is 5.75 Å². The highest BCUT2D eigenvalue weighted by Gasteiger charge is 2.13. The number of amides is 1. The Morgan fingerprint density at radius 2 is 2.09 bits per heavy atom. The molecule has 0 atom stereocenters. The first-order chi connectivity index (χ1) is 10.6. The van der Waals surface area contributed by atoms with Gasteiger partial charge in [0.15, 0.2) is 5.16 Å². The van der Waals surface area contributed by atoms with Crippen LogP contribution in [-0.4, -0.2) is 33.1 Å². The van der Waals surface area contributed by atoms with E-state index in [-0.39, 0.29) is 23.0 Å². The van der Waals surface area contributed by atoms with E-state index in [0.29, 0.717) is 18.2 Å². The Bertz CT molecular complexity index is 687. The molecule has 116 valence electrons. The Morgan fingerprint density at radius 3 is 2.73 bits per heavy atom. The maximum Gasteiger partial charge on any atom is 0.253 e. The highest BCUT2D eigenvalue weighted by molar-refractivity contribution is 7.99. The molecule has 7 heteroatoms. The molecule has 0 aliphatic rings. The molecule has 0 aliphatic heterocycles. The van der Waals surface area contributed by atoms with Crippen LogP contribution in [0.15, 0.2) is 46.3 Å². The lowest BCUT2D eigenvalue weighted by Gasteiger charge is -2.20. The summed E-state index contributed by atoms with van der Waals surface area (Å²) in [6.45, 7) is 3.12. The molecule has 22 heavy (non-hydrogen) atoms. The number of H-pyrrole nitrogens is 1. The van der Waals surface area contributed by atoms with E-state index in [9.17, 15) is 9.59 Å². The fourth-order valence-corrected chi connectivity index (χ4v) is 2.71. The summed E-state index contributed by atoms with van der Waals surface area (Å²) in [6.07, 6.45) is 0. The quantitative estimate of drug-likeness (QED) is 0.622. The first kappa shape index (κ1) is 16.1. The zero-order valence-corrected chi connectivity index (χ0v) is 13.1. The van der Waals surface area contributed by atoms with Crippen LogP contribution < -0.4 is 11.3 Å². The lowest BCUT2D eigenvalue weighted by molar-refractivity contribution is -0.128. The number of hydrogen-bond acceptors (Lipinski definition) is 5. The Kier molecular flexibility index (Phi) is 5.60. The number of rotatable bonds is 6. The zero-order chi connectivity index (χ0) is 15.9. The first-order valence-corrected chi connectivity index (χ1v) is 7.88. The molecule has 2 rings (SSSR count). The molecule has 0 spiro atoms. The summed E-state index contributed by atoms with van der Waals surface area (Å²) in [5.41, 5.74) is 6.28. The van der Waals surface area contributed by atoms with Gasteiger partial charge < -0.3 is 15.6 Å². The number of nitrogens with two attached hydrogens (primary N) is 1. The average Bonchev–Trinajstić information content (AvgIpc) is 2.50. The SMILES string of the molecule is CCN(Cc1ccccc1)C(=O)CSc1nc(N)cc(=O)[nH]1. The van der Waals surface area contributed by atoms with E-state index in [1.165, 1.54) is 17.8 Å². The van der Waals surface area contributed by atoms with Crippen LogP contribution in [0.2, 0.25) is 0 Å². The van der Waals surface area contributed by atoms with E-state index in [0.717, 1.165) is 5.56 Å². The second-order valence-corrected chi connectivity index (χ2v) is 5.62. The van der Waals surface area contributed by atoms with Gasteiger partial charge in [0.2, 0.25) is 5.91 Å².